The Morgan fingerprint density at radius 3 is 2.50 bits per heavy atom. The van der Waals surface area contributed by atoms with E-state index in [2.05, 4.69) is 77.1 Å². The van der Waals surface area contributed by atoms with E-state index in [1.807, 2.05) is 11.6 Å². The lowest BCUT2D eigenvalue weighted by molar-refractivity contribution is 0.672. The molecular formula is C20H23N5S. The van der Waals surface area contributed by atoms with Gasteiger partial charge in [0.15, 0.2) is 4.96 Å². The summed E-state index contributed by atoms with van der Waals surface area (Å²) in [4.78, 5) is 7.01. The van der Waals surface area contributed by atoms with E-state index in [9.17, 15) is 0 Å². The van der Waals surface area contributed by atoms with Crippen LogP contribution in [0.25, 0.3) is 10.6 Å². The van der Waals surface area contributed by atoms with E-state index in [-0.39, 0.29) is 0 Å². The van der Waals surface area contributed by atoms with Crippen molar-refractivity contribution in [1.82, 2.24) is 24.5 Å². The van der Waals surface area contributed by atoms with E-state index in [4.69, 9.17) is 0 Å². The van der Waals surface area contributed by atoms with E-state index >= 15 is 0 Å². The molecule has 4 rings (SSSR count). The Balaban J connectivity index is 1.43. The summed E-state index contributed by atoms with van der Waals surface area (Å²) in [6.45, 7) is 9.93. The van der Waals surface area contributed by atoms with Crippen molar-refractivity contribution in [2.24, 2.45) is 0 Å². The third-order valence-corrected chi connectivity index (χ3v) is 5.45. The molecule has 4 aromatic rings. The van der Waals surface area contributed by atoms with Gasteiger partial charge in [0.1, 0.15) is 0 Å². The van der Waals surface area contributed by atoms with Crippen LogP contribution in [0.15, 0.2) is 36.5 Å². The fourth-order valence-electron chi connectivity index (χ4n) is 3.29. The summed E-state index contributed by atoms with van der Waals surface area (Å²) in [7, 11) is 0. The van der Waals surface area contributed by atoms with Gasteiger partial charge in [-0.2, -0.15) is 5.10 Å². The van der Waals surface area contributed by atoms with Crippen LogP contribution >= 0.6 is 11.3 Å². The number of fused-ring (bicyclic) bond motifs is 1. The Morgan fingerprint density at radius 2 is 1.81 bits per heavy atom. The van der Waals surface area contributed by atoms with Gasteiger partial charge in [-0.1, -0.05) is 12.1 Å². The molecule has 134 valence electrons. The molecule has 0 aliphatic heterocycles. The van der Waals surface area contributed by atoms with Gasteiger partial charge in [-0.05, 0) is 51.5 Å². The van der Waals surface area contributed by atoms with Crippen LogP contribution in [0.5, 0.6) is 0 Å². The number of nitrogens with one attached hydrogen (secondary N) is 1. The van der Waals surface area contributed by atoms with Gasteiger partial charge in [0.25, 0.3) is 0 Å². The molecule has 0 amide bonds. The van der Waals surface area contributed by atoms with E-state index in [1.165, 1.54) is 16.1 Å². The second kappa shape index (κ2) is 6.70. The number of rotatable bonds is 5. The quantitative estimate of drug-likeness (QED) is 0.579. The van der Waals surface area contributed by atoms with Crippen LogP contribution in [-0.4, -0.2) is 19.2 Å². The Bertz CT molecular complexity index is 1050. The highest BCUT2D eigenvalue weighted by atomic mass is 32.1. The minimum absolute atomic E-state index is 0.808. The smallest absolute Gasteiger partial charge is 0.194 e. The second-order valence-electron chi connectivity index (χ2n) is 6.75. The number of hydrogen-bond acceptors (Lipinski definition) is 4. The van der Waals surface area contributed by atoms with Crippen LogP contribution in [-0.2, 0) is 13.1 Å². The summed E-state index contributed by atoms with van der Waals surface area (Å²) in [5, 5.41) is 8.08. The van der Waals surface area contributed by atoms with Gasteiger partial charge >= 0.3 is 0 Å². The molecule has 0 spiro atoms. The van der Waals surface area contributed by atoms with Gasteiger partial charge in [0.2, 0.25) is 0 Å². The molecule has 26 heavy (non-hydrogen) atoms. The highest BCUT2D eigenvalue weighted by molar-refractivity contribution is 7.17. The number of aromatic nitrogens is 4. The average Bonchev–Trinajstić information content (AvgIpc) is 3.21. The van der Waals surface area contributed by atoms with Crippen LogP contribution in [0.1, 0.15) is 33.2 Å². The number of aryl methyl sites for hydroxylation is 4. The minimum Gasteiger partial charge on any atom is -0.307 e. The first-order valence-corrected chi connectivity index (χ1v) is 9.60. The zero-order valence-corrected chi connectivity index (χ0v) is 16.4. The van der Waals surface area contributed by atoms with Gasteiger partial charge in [-0.15, -0.1) is 11.3 Å². The average molecular weight is 366 g/mol. The predicted molar refractivity (Wildman–Crippen MR) is 106 cm³/mol. The highest BCUT2D eigenvalue weighted by Gasteiger charge is 2.10. The first-order chi connectivity index (χ1) is 12.5. The maximum absolute atomic E-state index is 4.65. The maximum atomic E-state index is 4.65. The maximum Gasteiger partial charge on any atom is 0.194 e. The zero-order valence-electron chi connectivity index (χ0n) is 15.6. The van der Waals surface area contributed by atoms with Crippen molar-refractivity contribution >= 4 is 16.3 Å². The summed E-state index contributed by atoms with van der Waals surface area (Å²) in [6.07, 6.45) is 2.17. The fraction of sp³-hybridized carbons (Fsp3) is 0.300. The number of hydrogen-bond donors (Lipinski definition) is 1. The van der Waals surface area contributed by atoms with Crippen molar-refractivity contribution < 1.29 is 0 Å². The largest absolute Gasteiger partial charge is 0.307 e. The first kappa shape index (κ1) is 17.0. The molecule has 1 aromatic carbocycles. The van der Waals surface area contributed by atoms with Crippen molar-refractivity contribution in [3.05, 3.63) is 69.7 Å². The standard InChI is InChI=1S/C20H23N5S/c1-13-9-14(2)25(23-13)18-7-5-17(6-8-18)10-21-11-19-16(4)22-20-24(19)12-15(3)26-20/h5-9,12,21H,10-11H2,1-4H3. The minimum atomic E-state index is 0.808. The molecule has 0 fully saturated rings. The Kier molecular flexibility index (Phi) is 4.38. The van der Waals surface area contributed by atoms with E-state index in [1.54, 1.807) is 11.3 Å². The lowest BCUT2D eigenvalue weighted by Gasteiger charge is -2.08. The van der Waals surface area contributed by atoms with E-state index < -0.39 is 0 Å². The van der Waals surface area contributed by atoms with E-state index in [0.29, 0.717) is 0 Å². The zero-order chi connectivity index (χ0) is 18.3. The van der Waals surface area contributed by atoms with Crippen LogP contribution in [0.4, 0.5) is 0 Å². The second-order valence-corrected chi connectivity index (χ2v) is 7.96. The molecule has 0 atom stereocenters. The predicted octanol–water partition coefficient (Wildman–Crippen LogP) is 4.10. The van der Waals surface area contributed by atoms with Crippen molar-refractivity contribution in [3.8, 4) is 5.69 Å². The third-order valence-electron chi connectivity index (χ3n) is 4.55. The van der Waals surface area contributed by atoms with Gasteiger partial charge in [0.05, 0.1) is 22.8 Å². The summed E-state index contributed by atoms with van der Waals surface area (Å²) >= 11 is 1.74. The topological polar surface area (TPSA) is 47.2 Å². The third kappa shape index (κ3) is 3.18. The molecule has 0 bridgehead atoms. The normalized spacial score (nSPS) is 11.5. The molecule has 6 heteroatoms. The Hall–Kier alpha value is -2.44. The molecule has 0 aliphatic rings. The monoisotopic (exact) mass is 365 g/mol. The SMILES string of the molecule is Cc1cc(C)n(-c2ccc(CNCc3c(C)nc4sc(C)cn34)cc2)n1. The molecule has 1 N–H and O–H groups in total. The number of nitrogens with zero attached hydrogens (tertiary/aromatic N) is 4. The Morgan fingerprint density at radius 1 is 1.04 bits per heavy atom. The molecule has 3 heterocycles. The Labute approximate surface area is 157 Å². The van der Waals surface area contributed by atoms with Crippen LogP contribution in [0.3, 0.4) is 0 Å². The van der Waals surface area contributed by atoms with Crippen molar-refractivity contribution in [3.63, 3.8) is 0 Å². The number of thiazole rings is 1. The molecular weight excluding hydrogens is 342 g/mol. The fourth-order valence-corrected chi connectivity index (χ4v) is 4.18. The summed E-state index contributed by atoms with van der Waals surface area (Å²) < 4.78 is 4.19. The van der Waals surface area contributed by atoms with Gasteiger partial charge in [0, 0.05) is 29.9 Å². The van der Waals surface area contributed by atoms with Crippen LogP contribution in [0, 0.1) is 27.7 Å². The van der Waals surface area contributed by atoms with Crippen molar-refractivity contribution in [2.75, 3.05) is 0 Å². The highest BCUT2D eigenvalue weighted by Crippen LogP contribution is 2.20. The van der Waals surface area contributed by atoms with Gasteiger partial charge in [-0.3, -0.25) is 4.40 Å². The van der Waals surface area contributed by atoms with Crippen molar-refractivity contribution in [2.45, 2.75) is 40.8 Å². The molecule has 0 unspecified atom stereocenters. The molecule has 5 nitrogen and oxygen atoms in total. The molecule has 0 radical (unpaired) electrons. The molecule has 0 saturated heterocycles. The number of imidazole rings is 1. The van der Waals surface area contributed by atoms with Crippen molar-refractivity contribution in [1.29, 1.82) is 0 Å². The molecule has 0 saturated carbocycles. The van der Waals surface area contributed by atoms with Gasteiger partial charge in [-0.25, -0.2) is 9.67 Å². The van der Waals surface area contributed by atoms with Crippen LogP contribution in [0.2, 0.25) is 0 Å². The summed E-state index contributed by atoms with van der Waals surface area (Å²) in [6, 6.07) is 10.7. The number of benzene rings is 1. The lowest BCUT2D eigenvalue weighted by atomic mass is 10.2. The van der Waals surface area contributed by atoms with E-state index in [0.717, 1.165) is 40.8 Å². The van der Waals surface area contributed by atoms with Gasteiger partial charge < -0.3 is 5.32 Å². The lowest BCUT2D eigenvalue weighted by Crippen LogP contribution is -2.14. The molecule has 3 aromatic heterocycles. The first-order valence-electron chi connectivity index (χ1n) is 8.78. The molecule has 0 aliphatic carbocycles. The summed E-state index contributed by atoms with van der Waals surface area (Å²) in [5.74, 6) is 0. The van der Waals surface area contributed by atoms with Crippen LogP contribution < -0.4 is 5.32 Å². The summed E-state index contributed by atoms with van der Waals surface area (Å²) in [5.41, 5.74) is 6.89.